The Hall–Kier alpha value is -3.19. The van der Waals surface area contributed by atoms with Gasteiger partial charge >= 0.3 is 0 Å². The lowest BCUT2D eigenvalue weighted by atomic mass is 9.65. The molecule has 2 aliphatic rings. The van der Waals surface area contributed by atoms with E-state index in [4.69, 9.17) is 4.74 Å². The maximum Gasteiger partial charge on any atom is 0.299 e. The Kier molecular flexibility index (Phi) is 5.47. The van der Waals surface area contributed by atoms with Gasteiger partial charge in [-0.3, -0.25) is 9.36 Å². The number of carbonyl (C=O) groups is 1. The molecular formula is C27H33N4O3+. The maximum absolute atomic E-state index is 12.7. The molecule has 2 bridgehead atoms. The van der Waals surface area contributed by atoms with Gasteiger partial charge in [0.15, 0.2) is 12.4 Å². The summed E-state index contributed by atoms with van der Waals surface area (Å²) >= 11 is 0. The van der Waals surface area contributed by atoms with Crippen LogP contribution in [0.25, 0.3) is 10.9 Å². The van der Waals surface area contributed by atoms with Crippen LogP contribution in [0.15, 0.2) is 58.8 Å². The first-order valence-corrected chi connectivity index (χ1v) is 11.9. The summed E-state index contributed by atoms with van der Waals surface area (Å²) in [5.74, 6) is -0.0165. The molecule has 2 heterocycles. The van der Waals surface area contributed by atoms with Crippen molar-refractivity contribution in [2.24, 2.45) is 21.1 Å². The third kappa shape index (κ3) is 3.98. The molecule has 2 N–H and O–H groups in total. The van der Waals surface area contributed by atoms with Crippen molar-refractivity contribution < 1.29 is 19.5 Å². The molecule has 1 aliphatic carbocycles. The minimum absolute atomic E-state index is 0.0520. The van der Waals surface area contributed by atoms with Gasteiger partial charge in [0.25, 0.3) is 5.91 Å². The number of rotatable bonds is 5. The highest BCUT2D eigenvalue weighted by atomic mass is 16.5. The van der Waals surface area contributed by atoms with Crippen LogP contribution < -0.4 is 9.64 Å². The number of hydrogen-bond acceptors (Lipinski definition) is 4. The summed E-state index contributed by atoms with van der Waals surface area (Å²) in [6.07, 6.45) is 3.66. The molecule has 1 aliphatic heterocycles. The fourth-order valence-electron chi connectivity index (χ4n) is 6.64. The molecule has 3 aromatic rings. The quantitative estimate of drug-likeness (QED) is 0.540. The second-order valence-electron chi connectivity index (χ2n) is 11.1. The number of aromatic hydroxyl groups is 1. The van der Waals surface area contributed by atoms with Gasteiger partial charge in [-0.25, -0.2) is 0 Å². The first-order valence-electron chi connectivity index (χ1n) is 11.9. The van der Waals surface area contributed by atoms with Crippen LogP contribution in [0.4, 0.5) is 5.69 Å². The Balaban J connectivity index is 1.47. The first-order chi connectivity index (χ1) is 16.2. The van der Waals surface area contributed by atoms with Gasteiger partial charge in [-0.2, -0.15) is 0 Å². The van der Waals surface area contributed by atoms with Crippen molar-refractivity contribution in [1.82, 2.24) is 4.57 Å². The lowest BCUT2D eigenvalue weighted by molar-refractivity contribution is -0.936. The fraction of sp³-hybridized carbons (Fsp3) is 0.444. The van der Waals surface area contributed by atoms with Gasteiger partial charge in [0.05, 0.1) is 30.8 Å². The first kappa shape index (κ1) is 22.6. The summed E-state index contributed by atoms with van der Waals surface area (Å²) in [6, 6.07) is 15.3. The van der Waals surface area contributed by atoms with Crippen LogP contribution in [-0.2, 0) is 6.67 Å². The van der Waals surface area contributed by atoms with E-state index in [1.807, 2.05) is 28.8 Å². The van der Waals surface area contributed by atoms with E-state index in [9.17, 15) is 9.90 Å². The van der Waals surface area contributed by atoms with Gasteiger partial charge < -0.3 is 14.7 Å². The van der Waals surface area contributed by atoms with Gasteiger partial charge in [-0.15, -0.1) is 10.2 Å². The molecule has 7 nitrogen and oxygen atoms in total. The van der Waals surface area contributed by atoms with Crippen LogP contribution in [0.2, 0.25) is 0 Å². The van der Waals surface area contributed by atoms with Gasteiger partial charge in [-0.05, 0) is 30.0 Å². The number of para-hydroxylation sites is 2. The molecule has 2 fully saturated rings. The Morgan fingerprint density at radius 2 is 1.88 bits per heavy atom. The zero-order valence-electron chi connectivity index (χ0n) is 20.3. The van der Waals surface area contributed by atoms with Crippen LogP contribution in [0, 0.1) is 10.8 Å². The molecule has 3 atom stereocenters. The average Bonchev–Trinajstić information content (AvgIpc) is 3.20. The van der Waals surface area contributed by atoms with E-state index in [0.717, 1.165) is 17.4 Å². The third-order valence-electron chi connectivity index (χ3n) is 7.53. The van der Waals surface area contributed by atoms with Crippen LogP contribution >= 0.6 is 0 Å². The molecule has 0 radical (unpaired) electrons. The number of quaternary nitrogens is 1. The summed E-state index contributed by atoms with van der Waals surface area (Å²) < 4.78 is 7.20. The highest BCUT2D eigenvalue weighted by Crippen LogP contribution is 2.47. The maximum atomic E-state index is 12.7. The smallest absolute Gasteiger partial charge is 0.299 e. The number of methoxy groups -OCH3 is 1. The zero-order valence-corrected chi connectivity index (χ0v) is 20.3. The lowest BCUT2D eigenvalue weighted by Crippen LogP contribution is -3.13. The van der Waals surface area contributed by atoms with E-state index >= 15 is 0 Å². The monoisotopic (exact) mass is 461 g/mol. The van der Waals surface area contributed by atoms with E-state index < -0.39 is 5.91 Å². The van der Waals surface area contributed by atoms with Crippen molar-refractivity contribution in [1.29, 1.82) is 0 Å². The van der Waals surface area contributed by atoms with Crippen molar-refractivity contribution in [2.45, 2.75) is 52.7 Å². The van der Waals surface area contributed by atoms with Crippen LogP contribution in [0.1, 0.15) is 50.4 Å². The Morgan fingerprint density at radius 3 is 2.68 bits per heavy atom. The number of aromatic nitrogens is 1. The molecule has 1 unspecified atom stereocenters. The van der Waals surface area contributed by atoms with E-state index in [0.29, 0.717) is 40.5 Å². The molecule has 1 aromatic heterocycles. The van der Waals surface area contributed by atoms with Gasteiger partial charge in [-0.1, -0.05) is 51.1 Å². The Labute approximate surface area is 200 Å². The number of nitrogens with zero attached hydrogens (tertiary/aromatic N) is 3. The van der Waals surface area contributed by atoms with Gasteiger partial charge in [0, 0.05) is 23.6 Å². The minimum Gasteiger partial charge on any atom is -0.496 e. The number of fused-ring (bicyclic) bond motifs is 3. The fourth-order valence-corrected chi connectivity index (χ4v) is 6.64. The van der Waals surface area contributed by atoms with Crippen molar-refractivity contribution in [3.63, 3.8) is 0 Å². The summed E-state index contributed by atoms with van der Waals surface area (Å²) in [6.45, 7) is 8.92. The van der Waals surface area contributed by atoms with Crippen molar-refractivity contribution in [2.75, 3.05) is 13.7 Å². The van der Waals surface area contributed by atoms with Crippen molar-refractivity contribution >= 4 is 22.5 Å². The Morgan fingerprint density at radius 1 is 1.15 bits per heavy atom. The molecule has 178 valence electrons. The number of benzene rings is 2. The van der Waals surface area contributed by atoms with E-state index in [2.05, 4.69) is 31.0 Å². The number of azo groups is 1. The predicted molar refractivity (Wildman–Crippen MR) is 131 cm³/mol. The largest absolute Gasteiger partial charge is 0.496 e. The number of ether oxygens (including phenoxy) is 1. The van der Waals surface area contributed by atoms with E-state index in [1.54, 1.807) is 24.3 Å². The third-order valence-corrected chi connectivity index (χ3v) is 7.53. The molecule has 7 heteroatoms. The van der Waals surface area contributed by atoms with Gasteiger partial charge in [0.1, 0.15) is 5.75 Å². The highest BCUT2D eigenvalue weighted by Gasteiger charge is 2.52. The van der Waals surface area contributed by atoms with Crippen LogP contribution in [0.3, 0.4) is 0 Å². The summed E-state index contributed by atoms with van der Waals surface area (Å²) in [5.41, 5.74) is 2.24. The Bertz CT molecular complexity index is 1280. The molecule has 1 saturated carbocycles. The lowest BCUT2D eigenvalue weighted by Gasteiger charge is -2.37. The molecule has 34 heavy (non-hydrogen) atoms. The number of hydrogen-bond donors (Lipinski definition) is 2. The van der Waals surface area contributed by atoms with Crippen molar-refractivity contribution in [3.05, 3.63) is 54.1 Å². The van der Waals surface area contributed by atoms with Gasteiger partial charge in [0.2, 0.25) is 5.88 Å². The number of nitrogens with one attached hydrogen (secondary N) is 1. The van der Waals surface area contributed by atoms with E-state index in [1.165, 1.54) is 31.3 Å². The molecule has 5 rings (SSSR count). The number of likely N-dealkylation sites (tertiary alicyclic amines) is 1. The molecule has 1 amide bonds. The van der Waals surface area contributed by atoms with Crippen molar-refractivity contribution in [3.8, 4) is 11.6 Å². The van der Waals surface area contributed by atoms with Crippen LogP contribution in [0.5, 0.6) is 11.6 Å². The summed E-state index contributed by atoms with van der Waals surface area (Å²) in [4.78, 5) is 14.2. The molecule has 2 aromatic carbocycles. The molecule has 0 spiro atoms. The normalized spacial score (nSPS) is 25.8. The topological polar surface area (TPSA) is 80.6 Å². The summed E-state index contributed by atoms with van der Waals surface area (Å²) in [5, 5.41) is 20.2. The highest BCUT2D eigenvalue weighted by molar-refractivity contribution is 5.98. The molecular weight excluding hydrogens is 428 g/mol. The van der Waals surface area contributed by atoms with E-state index in [-0.39, 0.29) is 5.88 Å². The van der Waals surface area contributed by atoms with Crippen LogP contribution in [-0.4, -0.2) is 35.3 Å². The zero-order chi connectivity index (χ0) is 24.1. The second-order valence-corrected chi connectivity index (χ2v) is 11.1. The number of carbonyl (C=O) groups excluding carboxylic acids is 1. The predicted octanol–water partition coefficient (Wildman–Crippen LogP) is 4.72. The standard InChI is InChI=1S/C27H32N4O3/c1-26(2)13-18-14-27(3,15-26)16-30(18)17-31-21-11-7-5-9-19(21)23(25(31)33)28-29-24(32)20-10-6-8-12-22(20)34-4/h5-12,18,33H,13-17H2,1-4H3/p+1/t18-,27-/m1/s1. The molecule has 1 saturated heterocycles. The minimum atomic E-state index is -0.511. The second kappa shape index (κ2) is 8.24. The summed E-state index contributed by atoms with van der Waals surface area (Å²) in [7, 11) is 1.51. The number of amides is 1. The SMILES string of the molecule is COc1ccccc1C(=O)N=Nc1c(O)n(C[NH+]2C[C@]3(C)C[C@H]2CC(C)(C)C3)c2ccccc12. The average molecular weight is 462 g/mol.